The molecule has 0 aliphatic rings. The highest BCUT2D eigenvalue weighted by Crippen LogP contribution is 2.20. The third-order valence-corrected chi connectivity index (χ3v) is 4.68. The Kier molecular flexibility index (Phi) is 7.12. The summed E-state index contributed by atoms with van der Waals surface area (Å²) in [5.41, 5.74) is 0.587. The molecule has 2 aromatic rings. The minimum atomic E-state index is -0.672. The highest BCUT2D eigenvalue weighted by Gasteiger charge is 2.20. The minimum absolute atomic E-state index is 0.0555. The van der Waals surface area contributed by atoms with Gasteiger partial charge in [-0.3, -0.25) is 14.8 Å². The molecule has 0 atom stereocenters. The van der Waals surface area contributed by atoms with Crippen molar-refractivity contribution in [2.75, 3.05) is 26.2 Å². The van der Waals surface area contributed by atoms with Crippen LogP contribution in [0.4, 0.5) is 0 Å². The van der Waals surface area contributed by atoms with Crippen molar-refractivity contribution >= 4 is 5.71 Å². The van der Waals surface area contributed by atoms with Crippen LogP contribution >= 0.6 is 0 Å². The third-order valence-electron chi connectivity index (χ3n) is 4.68. The minimum Gasteiger partial charge on any atom is -0.493 e. The van der Waals surface area contributed by atoms with Crippen LogP contribution in [-0.4, -0.2) is 51.4 Å². The molecule has 1 aromatic heterocycles. The molecule has 0 aliphatic carbocycles. The van der Waals surface area contributed by atoms with E-state index in [9.17, 15) is 14.7 Å². The molecule has 0 spiro atoms. The molecule has 7 heteroatoms. The number of benzene rings is 1. The molecule has 0 amide bonds. The number of para-hydroxylation sites is 1. The Bertz CT molecular complexity index is 924. The standard InChI is InChI=1S/C20H28N4O3/c1-5-15(21-12-13-23(6-2)7-3)17-18(25)22-20(27)24(19(17)26)16-11-9-8-10-14(16)4/h8-11,26H,5-7,12-13H2,1-4H3,(H,22,25,27). The van der Waals surface area contributed by atoms with Gasteiger partial charge in [-0.15, -0.1) is 0 Å². The summed E-state index contributed by atoms with van der Waals surface area (Å²) < 4.78 is 1.13. The second kappa shape index (κ2) is 9.32. The Balaban J connectivity index is 2.53. The van der Waals surface area contributed by atoms with Crippen molar-refractivity contribution in [2.45, 2.75) is 34.1 Å². The van der Waals surface area contributed by atoms with Gasteiger partial charge in [0.25, 0.3) is 5.56 Å². The Morgan fingerprint density at radius 1 is 1.19 bits per heavy atom. The van der Waals surface area contributed by atoms with E-state index in [2.05, 4.69) is 28.7 Å². The summed E-state index contributed by atoms with van der Waals surface area (Å²) in [6, 6.07) is 7.18. The number of hydrogen-bond donors (Lipinski definition) is 2. The van der Waals surface area contributed by atoms with Crippen LogP contribution in [0.25, 0.3) is 5.69 Å². The summed E-state index contributed by atoms with van der Waals surface area (Å²) in [5, 5.41) is 10.8. The second-order valence-electron chi connectivity index (χ2n) is 6.29. The molecule has 27 heavy (non-hydrogen) atoms. The monoisotopic (exact) mass is 372 g/mol. The van der Waals surface area contributed by atoms with Crippen molar-refractivity contribution in [3.8, 4) is 11.6 Å². The molecule has 0 fully saturated rings. The summed E-state index contributed by atoms with van der Waals surface area (Å²) in [6.07, 6.45) is 0.473. The molecular formula is C20H28N4O3. The molecule has 0 aliphatic heterocycles. The SMILES string of the molecule is CCC(=NCCN(CC)CC)c1c(O)n(-c2ccccc2C)c(=O)[nH]c1=O. The molecule has 7 nitrogen and oxygen atoms in total. The lowest BCUT2D eigenvalue weighted by Crippen LogP contribution is -2.33. The first-order valence-corrected chi connectivity index (χ1v) is 9.34. The van der Waals surface area contributed by atoms with E-state index in [-0.39, 0.29) is 11.4 Å². The van der Waals surface area contributed by atoms with Crippen LogP contribution in [-0.2, 0) is 0 Å². The Labute approximate surface area is 159 Å². The van der Waals surface area contributed by atoms with Gasteiger partial charge in [0, 0.05) is 6.54 Å². The van der Waals surface area contributed by atoms with E-state index in [1.54, 1.807) is 12.1 Å². The lowest BCUT2D eigenvalue weighted by Gasteiger charge is -2.17. The number of likely N-dealkylation sites (N-methyl/N-ethyl adjacent to an activating group) is 1. The first kappa shape index (κ1) is 20.6. The number of nitrogens with one attached hydrogen (secondary N) is 1. The van der Waals surface area contributed by atoms with Crippen molar-refractivity contribution < 1.29 is 5.11 Å². The Morgan fingerprint density at radius 3 is 2.44 bits per heavy atom. The van der Waals surface area contributed by atoms with Crippen LogP contribution in [0.15, 0.2) is 38.8 Å². The summed E-state index contributed by atoms with van der Waals surface area (Å²) >= 11 is 0. The summed E-state index contributed by atoms with van der Waals surface area (Å²) in [5.74, 6) is -0.374. The van der Waals surface area contributed by atoms with Crippen molar-refractivity contribution in [1.82, 2.24) is 14.5 Å². The number of aromatic amines is 1. The first-order chi connectivity index (χ1) is 12.9. The van der Waals surface area contributed by atoms with Gasteiger partial charge in [0.2, 0.25) is 5.88 Å². The Morgan fingerprint density at radius 2 is 1.85 bits per heavy atom. The maximum atomic E-state index is 12.4. The molecule has 2 rings (SSSR count). The normalized spacial score (nSPS) is 12.0. The number of rotatable bonds is 8. The molecule has 0 radical (unpaired) electrons. The summed E-state index contributed by atoms with van der Waals surface area (Å²) in [4.78, 5) is 33.9. The van der Waals surface area contributed by atoms with Crippen LogP contribution in [0.3, 0.4) is 0 Å². The van der Waals surface area contributed by atoms with Crippen molar-refractivity contribution in [1.29, 1.82) is 0 Å². The fourth-order valence-electron chi connectivity index (χ4n) is 3.06. The fourth-order valence-corrected chi connectivity index (χ4v) is 3.06. The van der Waals surface area contributed by atoms with Gasteiger partial charge in [-0.1, -0.05) is 39.0 Å². The van der Waals surface area contributed by atoms with E-state index in [0.29, 0.717) is 24.4 Å². The zero-order valence-corrected chi connectivity index (χ0v) is 16.5. The van der Waals surface area contributed by atoms with E-state index >= 15 is 0 Å². The number of H-pyrrole nitrogens is 1. The van der Waals surface area contributed by atoms with E-state index in [1.807, 2.05) is 26.0 Å². The van der Waals surface area contributed by atoms with E-state index in [0.717, 1.165) is 29.8 Å². The topological polar surface area (TPSA) is 90.7 Å². The maximum Gasteiger partial charge on any atom is 0.335 e. The van der Waals surface area contributed by atoms with Crippen molar-refractivity contribution in [3.05, 3.63) is 56.2 Å². The molecule has 0 saturated carbocycles. The third kappa shape index (κ3) is 4.54. The lowest BCUT2D eigenvalue weighted by molar-refractivity contribution is 0.313. The summed E-state index contributed by atoms with van der Waals surface area (Å²) in [6.45, 7) is 11.0. The number of aromatic hydroxyl groups is 1. The number of aromatic nitrogens is 2. The van der Waals surface area contributed by atoms with E-state index in [4.69, 9.17) is 0 Å². The van der Waals surface area contributed by atoms with Crippen LogP contribution in [0, 0.1) is 6.92 Å². The summed E-state index contributed by atoms with van der Waals surface area (Å²) in [7, 11) is 0. The average Bonchev–Trinajstić information content (AvgIpc) is 2.65. The molecular weight excluding hydrogens is 344 g/mol. The number of nitrogens with zero attached hydrogens (tertiary/aromatic N) is 3. The van der Waals surface area contributed by atoms with Crippen LogP contribution in [0.2, 0.25) is 0 Å². The zero-order chi connectivity index (χ0) is 20.0. The van der Waals surface area contributed by atoms with Gasteiger partial charge in [-0.2, -0.15) is 0 Å². The van der Waals surface area contributed by atoms with E-state index < -0.39 is 11.2 Å². The quantitative estimate of drug-likeness (QED) is 0.694. The van der Waals surface area contributed by atoms with Crippen LogP contribution < -0.4 is 11.2 Å². The fraction of sp³-hybridized carbons (Fsp3) is 0.450. The van der Waals surface area contributed by atoms with Gasteiger partial charge in [0.05, 0.1) is 17.9 Å². The van der Waals surface area contributed by atoms with Gasteiger partial charge < -0.3 is 10.0 Å². The highest BCUT2D eigenvalue weighted by atomic mass is 16.3. The highest BCUT2D eigenvalue weighted by molar-refractivity contribution is 6.02. The zero-order valence-electron chi connectivity index (χ0n) is 16.5. The molecule has 0 bridgehead atoms. The largest absolute Gasteiger partial charge is 0.493 e. The number of hydrogen-bond acceptors (Lipinski definition) is 5. The van der Waals surface area contributed by atoms with Crippen LogP contribution in [0.1, 0.15) is 38.3 Å². The molecule has 1 aromatic carbocycles. The van der Waals surface area contributed by atoms with Gasteiger partial charge in [0.15, 0.2) is 0 Å². The predicted molar refractivity (Wildman–Crippen MR) is 109 cm³/mol. The van der Waals surface area contributed by atoms with Gasteiger partial charge in [-0.25, -0.2) is 9.36 Å². The molecule has 0 unspecified atom stereocenters. The average molecular weight is 372 g/mol. The predicted octanol–water partition coefficient (Wildman–Crippen LogP) is 2.08. The number of aryl methyl sites for hydroxylation is 1. The molecule has 1 heterocycles. The smallest absolute Gasteiger partial charge is 0.335 e. The van der Waals surface area contributed by atoms with Gasteiger partial charge >= 0.3 is 5.69 Å². The molecule has 2 N–H and O–H groups in total. The second-order valence-corrected chi connectivity index (χ2v) is 6.29. The molecule has 0 saturated heterocycles. The first-order valence-electron chi connectivity index (χ1n) is 9.34. The Hall–Kier alpha value is -2.67. The maximum absolute atomic E-state index is 12.4. The van der Waals surface area contributed by atoms with Gasteiger partial charge in [-0.05, 0) is 38.1 Å². The van der Waals surface area contributed by atoms with E-state index in [1.165, 1.54) is 0 Å². The van der Waals surface area contributed by atoms with Crippen LogP contribution in [0.5, 0.6) is 5.88 Å². The van der Waals surface area contributed by atoms with Crippen molar-refractivity contribution in [2.24, 2.45) is 4.99 Å². The molecule has 146 valence electrons. The number of aliphatic imine (C=N–C) groups is 1. The van der Waals surface area contributed by atoms with Crippen molar-refractivity contribution in [3.63, 3.8) is 0 Å². The lowest BCUT2D eigenvalue weighted by atomic mass is 10.1. The van der Waals surface area contributed by atoms with Gasteiger partial charge in [0.1, 0.15) is 5.56 Å².